The van der Waals surface area contributed by atoms with Crippen LogP contribution < -0.4 is 10.6 Å². The largest absolute Gasteiger partial charge is 0.494 e. The summed E-state index contributed by atoms with van der Waals surface area (Å²) in [6.45, 7) is 9.24. The van der Waals surface area contributed by atoms with E-state index >= 15 is 0 Å². The van der Waals surface area contributed by atoms with Gasteiger partial charge >= 0.3 is 5.97 Å². The SMILES string of the molecule is CCC1=c2/c(=C(\CCC(=O)O)c3ccc(C)cc3)cc(C)n2C[C@@H](C)N1C=N/C=C(\C=N)OC. The molecule has 0 radical (unpaired) electrons. The van der Waals surface area contributed by atoms with E-state index in [9.17, 15) is 9.90 Å². The molecule has 7 nitrogen and oxygen atoms in total. The Balaban J connectivity index is 2.30. The second-order valence-corrected chi connectivity index (χ2v) is 8.60. The van der Waals surface area contributed by atoms with Crippen LogP contribution in [0.4, 0.5) is 0 Å². The Bertz CT molecular complexity index is 1240. The smallest absolute Gasteiger partial charge is 0.303 e. The molecule has 0 fully saturated rings. The Labute approximate surface area is 200 Å². The highest BCUT2D eigenvalue weighted by atomic mass is 16.5. The van der Waals surface area contributed by atoms with Crippen molar-refractivity contribution in [2.75, 3.05) is 7.11 Å². The molecule has 2 heterocycles. The van der Waals surface area contributed by atoms with Gasteiger partial charge in [0.15, 0.2) is 5.76 Å². The Morgan fingerprint density at radius 2 is 1.97 bits per heavy atom. The number of aryl methyl sites for hydroxylation is 2. The minimum absolute atomic E-state index is 0.0735. The van der Waals surface area contributed by atoms with Gasteiger partial charge in [-0.1, -0.05) is 36.8 Å². The summed E-state index contributed by atoms with van der Waals surface area (Å²) >= 11 is 0. The monoisotopic (exact) mass is 462 g/mol. The first-order chi connectivity index (χ1) is 16.3. The van der Waals surface area contributed by atoms with E-state index in [1.165, 1.54) is 18.9 Å². The van der Waals surface area contributed by atoms with E-state index in [1.807, 2.05) is 0 Å². The van der Waals surface area contributed by atoms with Crippen LogP contribution in [0.5, 0.6) is 0 Å². The van der Waals surface area contributed by atoms with E-state index in [4.69, 9.17) is 10.1 Å². The lowest BCUT2D eigenvalue weighted by Crippen LogP contribution is -2.49. The van der Waals surface area contributed by atoms with Crippen LogP contribution in [-0.2, 0) is 16.1 Å². The third-order valence-corrected chi connectivity index (χ3v) is 6.23. The summed E-state index contributed by atoms with van der Waals surface area (Å²) in [6, 6.07) is 10.7. The molecule has 0 saturated heterocycles. The number of aromatic nitrogens is 1. The van der Waals surface area contributed by atoms with Gasteiger partial charge in [0.2, 0.25) is 0 Å². The fraction of sp³-hybridized carbons (Fsp3) is 0.370. The van der Waals surface area contributed by atoms with Crippen molar-refractivity contribution in [1.29, 1.82) is 5.41 Å². The molecule has 0 amide bonds. The second-order valence-electron chi connectivity index (χ2n) is 8.60. The number of ether oxygens (including phenoxy) is 1. The van der Waals surface area contributed by atoms with Crippen molar-refractivity contribution in [3.8, 4) is 0 Å². The zero-order valence-electron chi connectivity index (χ0n) is 20.6. The first-order valence-corrected chi connectivity index (χ1v) is 11.6. The number of rotatable bonds is 9. The maximum Gasteiger partial charge on any atom is 0.303 e. The Hall–Kier alpha value is -3.61. The fourth-order valence-electron chi connectivity index (χ4n) is 4.48. The first kappa shape index (κ1) is 25.0. The zero-order chi connectivity index (χ0) is 24.8. The summed E-state index contributed by atoms with van der Waals surface area (Å²) in [6.07, 6.45) is 5.77. The van der Waals surface area contributed by atoms with Crippen LogP contribution in [0, 0.1) is 19.3 Å². The highest BCUT2D eigenvalue weighted by Crippen LogP contribution is 2.21. The van der Waals surface area contributed by atoms with Gasteiger partial charge in [0.25, 0.3) is 0 Å². The van der Waals surface area contributed by atoms with Gasteiger partial charge in [0.05, 0.1) is 31.2 Å². The molecule has 180 valence electrons. The lowest BCUT2D eigenvalue weighted by Gasteiger charge is -2.34. The van der Waals surface area contributed by atoms with Gasteiger partial charge in [0.1, 0.15) is 0 Å². The molecule has 0 saturated carbocycles. The molecular formula is C27H34N4O3. The van der Waals surface area contributed by atoms with Crippen LogP contribution in [0.2, 0.25) is 0 Å². The molecule has 34 heavy (non-hydrogen) atoms. The fourth-order valence-corrected chi connectivity index (χ4v) is 4.48. The molecule has 0 unspecified atom stereocenters. The number of carboxylic acids is 1. The molecule has 1 atom stereocenters. The van der Waals surface area contributed by atoms with E-state index in [0.29, 0.717) is 12.2 Å². The number of fused-ring (bicyclic) bond motifs is 1. The van der Waals surface area contributed by atoms with Gasteiger partial charge in [-0.2, -0.15) is 0 Å². The van der Waals surface area contributed by atoms with Crippen LogP contribution in [0.1, 0.15) is 49.9 Å². The van der Waals surface area contributed by atoms with Crippen molar-refractivity contribution in [1.82, 2.24) is 9.47 Å². The van der Waals surface area contributed by atoms with E-state index in [2.05, 4.69) is 72.5 Å². The average Bonchev–Trinajstić information content (AvgIpc) is 3.13. The maximum absolute atomic E-state index is 11.5. The topological polar surface area (TPSA) is 90.9 Å². The molecule has 0 aliphatic carbocycles. The van der Waals surface area contributed by atoms with Crippen molar-refractivity contribution in [3.63, 3.8) is 0 Å². The number of hydrogen-bond acceptors (Lipinski definition) is 4. The van der Waals surface area contributed by atoms with Crippen molar-refractivity contribution in [2.24, 2.45) is 4.99 Å². The summed E-state index contributed by atoms with van der Waals surface area (Å²) in [5, 5.41) is 19.0. The summed E-state index contributed by atoms with van der Waals surface area (Å²) in [5.41, 5.74) is 5.55. The minimum atomic E-state index is -0.802. The Morgan fingerprint density at radius 3 is 2.56 bits per heavy atom. The van der Waals surface area contributed by atoms with Crippen LogP contribution in [0.25, 0.3) is 11.3 Å². The molecular weight excluding hydrogens is 428 g/mol. The van der Waals surface area contributed by atoms with Gasteiger partial charge in [-0.05, 0) is 50.8 Å². The Kier molecular flexibility index (Phi) is 8.10. The first-order valence-electron chi connectivity index (χ1n) is 11.6. The number of allylic oxidation sites excluding steroid dienone is 1. The van der Waals surface area contributed by atoms with Gasteiger partial charge in [-0.25, -0.2) is 4.99 Å². The van der Waals surface area contributed by atoms with Gasteiger partial charge < -0.3 is 24.7 Å². The Morgan fingerprint density at radius 1 is 1.26 bits per heavy atom. The number of methoxy groups -OCH3 is 1. The van der Waals surface area contributed by atoms with Gasteiger partial charge in [-0.15, -0.1) is 0 Å². The van der Waals surface area contributed by atoms with Gasteiger partial charge in [-0.3, -0.25) is 4.79 Å². The van der Waals surface area contributed by atoms with E-state index in [1.54, 1.807) is 6.34 Å². The summed E-state index contributed by atoms with van der Waals surface area (Å²) < 4.78 is 7.45. The minimum Gasteiger partial charge on any atom is -0.494 e. The standard InChI is InChI=1S/C27H34N4O3/c1-6-25-27-24(23(11-12-26(32)33)21-9-7-18(2)8-10-21)13-19(3)30(27)16-20(4)31(25)17-29-15-22(14-28)34-5/h7-10,13-15,17,20,28H,6,11-12,16H2,1-5H3,(H,32,33)/b22-15+,24-23+,28-14?,29-17?/t20-/m1/s1. The molecule has 0 spiro atoms. The van der Waals surface area contributed by atoms with E-state index in [-0.39, 0.29) is 12.5 Å². The number of hydrogen-bond donors (Lipinski definition) is 2. The number of nitrogens with zero attached hydrogens (tertiary/aromatic N) is 3. The normalized spacial score (nSPS) is 17.1. The van der Waals surface area contributed by atoms with Crippen molar-refractivity contribution in [3.05, 3.63) is 69.7 Å². The molecule has 3 rings (SSSR count). The van der Waals surface area contributed by atoms with Crippen molar-refractivity contribution >= 4 is 29.8 Å². The zero-order valence-corrected chi connectivity index (χ0v) is 20.6. The van der Waals surface area contributed by atoms with Crippen LogP contribution in [0.15, 0.2) is 47.3 Å². The predicted molar refractivity (Wildman–Crippen MR) is 136 cm³/mol. The maximum atomic E-state index is 11.5. The quantitative estimate of drug-likeness (QED) is 0.339. The highest BCUT2D eigenvalue weighted by molar-refractivity contribution is 5.75. The second kappa shape index (κ2) is 11.0. The van der Waals surface area contributed by atoms with Crippen LogP contribution in [0.3, 0.4) is 0 Å². The van der Waals surface area contributed by atoms with E-state index in [0.717, 1.165) is 52.3 Å². The number of benzene rings is 1. The van der Waals surface area contributed by atoms with Crippen molar-refractivity contribution < 1.29 is 14.6 Å². The lowest BCUT2D eigenvalue weighted by atomic mass is 9.97. The number of carbonyl (C=O) groups is 1. The molecule has 2 aromatic rings. The molecule has 2 N–H and O–H groups in total. The molecule has 7 heteroatoms. The molecule has 1 aromatic heterocycles. The van der Waals surface area contributed by atoms with Gasteiger partial charge in [0, 0.05) is 35.6 Å². The van der Waals surface area contributed by atoms with Crippen molar-refractivity contribution in [2.45, 2.75) is 59.5 Å². The molecule has 1 aliphatic rings. The summed E-state index contributed by atoms with van der Waals surface area (Å²) in [7, 11) is 1.51. The molecule has 0 bridgehead atoms. The van der Waals surface area contributed by atoms with Crippen LogP contribution >= 0.6 is 0 Å². The van der Waals surface area contributed by atoms with Crippen LogP contribution in [-0.4, -0.2) is 46.2 Å². The summed E-state index contributed by atoms with van der Waals surface area (Å²) in [5.74, 6) is -0.425. The highest BCUT2D eigenvalue weighted by Gasteiger charge is 2.24. The number of aliphatic imine (C=N–C) groups is 1. The summed E-state index contributed by atoms with van der Waals surface area (Å²) in [4.78, 5) is 18.1. The third kappa shape index (κ3) is 5.30. The van der Waals surface area contributed by atoms with E-state index < -0.39 is 5.97 Å². The third-order valence-electron chi connectivity index (χ3n) is 6.23. The number of aliphatic carboxylic acids is 1. The number of carboxylic acid groups (broad SMARTS) is 1. The number of nitrogens with one attached hydrogen (secondary N) is 1. The molecule has 1 aliphatic heterocycles. The predicted octanol–water partition coefficient (Wildman–Crippen LogP) is 3.56. The lowest BCUT2D eigenvalue weighted by molar-refractivity contribution is -0.136. The average molecular weight is 463 g/mol. The molecule has 1 aromatic carbocycles.